The molecule has 15 heavy (non-hydrogen) atoms. The van der Waals surface area contributed by atoms with Crippen molar-refractivity contribution >= 4 is 0 Å². The lowest BCUT2D eigenvalue weighted by Crippen LogP contribution is -1.95. The number of hydrogen-bond donors (Lipinski definition) is 0. The first-order chi connectivity index (χ1) is 7.31. The van der Waals surface area contributed by atoms with E-state index in [-0.39, 0.29) is 0 Å². The van der Waals surface area contributed by atoms with E-state index in [0.29, 0.717) is 0 Å². The Hall–Kier alpha value is -1.90. The Morgan fingerprint density at radius 2 is 1.80 bits per heavy atom. The van der Waals surface area contributed by atoms with E-state index in [1.165, 1.54) is 0 Å². The molecule has 0 amide bonds. The zero-order valence-electron chi connectivity index (χ0n) is 8.77. The number of rotatable bonds is 2. The lowest BCUT2D eigenvalue weighted by atomic mass is 10.1. The molecule has 0 N–H and O–H groups in total. The topological polar surface area (TPSA) is 35.0 Å². The van der Waals surface area contributed by atoms with Gasteiger partial charge in [0, 0.05) is 11.6 Å². The van der Waals surface area contributed by atoms with Gasteiger partial charge >= 0.3 is 0 Å². The maximum atomic E-state index is 5.28. The predicted octanol–water partition coefficient (Wildman–Crippen LogP) is 2.46. The molecule has 2 aromatic rings. The van der Waals surface area contributed by atoms with Crippen LogP contribution in [-0.4, -0.2) is 17.3 Å². The lowest BCUT2D eigenvalue weighted by molar-refractivity contribution is 0.413. The van der Waals surface area contributed by atoms with E-state index < -0.39 is 0 Å². The molecule has 0 radical (unpaired) electrons. The minimum absolute atomic E-state index is 0.758. The highest BCUT2D eigenvalue weighted by atomic mass is 16.5. The number of methoxy groups -OCH3 is 1. The monoisotopic (exact) mass is 200 g/mol. The molecule has 0 unspecified atom stereocenters. The van der Waals surface area contributed by atoms with Crippen LogP contribution >= 0.6 is 0 Å². The third-order valence-corrected chi connectivity index (χ3v) is 2.15. The van der Waals surface area contributed by atoms with Gasteiger partial charge in [0.05, 0.1) is 12.8 Å². The standard InChI is InChI=1S/C12H12N2O/c1-9-8-11(15-2)12(14-13-9)10-6-4-3-5-7-10/h3-8H,1-2H3. The summed E-state index contributed by atoms with van der Waals surface area (Å²) in [6, 6.07) is 11.8. The molecule has 3 nitrogen and oxygen atoms in total. The van der Waals surface area contributed by atoms with Gasteiger partial charge in [0.2, 0.25) is 0 Å². The molecule has 2 rings (SSSR count). The number of nitrogens with zero attached hydrogens (tertiary/aromatic N) is 2. The van der Waals surface area contributed by atoms with Crippen LogP contribution in [0.4, 0.5) is 0 Å². The second kappa shape index (κ2) is 4.09. The predicted molar refractivity (Wildman–Crippen MR) is 58.8 cm³/mol. The Balaban J connectivity index is 2.53. The largest absolute Gasteiger partial charge is 0.494 e. The summed E-state index contributed by atoms with van der Waals surface area (Å²) in [4.78, 5) is 0. The van der Waals surface area contributed by atoms with E-state index in [1.807, 2.05) is 43.3 Å². The van der Waals surface area contributed by atoms with Crippen LogP contribution in [0.1, 0.15) is 5.69 Å². The van der Waals surface area contributed by atoms with Crippen LogP contribution in [-0.2, 0) is 0 Å². The van der Waals surface area contributed by atoms with Crippen LogP contribution in [0.2, 0.25) is 0 Å². The summed E-state index contributed by atoms with van der Waals surface area (Å²) in [5.74, 6) is 0.758. The summed E-state index contributed by atoms with van der Waals surface area (Å²) >= 11 is 0. The molecule has 0 saturated carbocycles. The number of aryl methyl sites for hydroxylation is 1. The van der Waals surface area contributed by atoms with Crippen LogP contribution in [0.25, 0.3) is 11.3 Å². The van der Waals surface area contributed by atoms with Gasteiger partial charge in [0.25, 0.3) is 0 Å². The van der Waals surface area contributed by atoms with Crippen LogP contribution in [0.3, 0.4) is 0 Å². The Labute approximate surface area is 88.7 Å². The molecule has 0 bridgehead atoms. The van der Waals surface area contributed by atoms with Gasteiger partial charge in [-0.2, -0.15) is 5.10 Å². The summed E-state index contributed by atoms with van der Waals surface area (Å²) in [5, 5.41) is 8.18. The molecule has 0 fully saturated rings. The first-order valence-corrected chi connectivity index (χ1v) is 4.75. The number of aromatic nitrogens is 2. The van der Waals surface area contributed by atoms with Gasteiger partial charge in [-0.3, -0.25) is 0 Å². The average Bonchev–Trinajstić information content (AvgIpc) is 2.30. The number of ether oxygens (including phenoxy) is 1. The molecule has 0 spiro atoms. The summed E-state index contributed by atoms with van der Waals surface area (Å²) in [5.41, 5.74) is 2.65. The Bertz CT molecular complexity index is 454. The molecule has 3 heteroatoms. The van der Waals surface area contributed by atoms with E-state index in [4.69, 9.17) is 4.74 Å². The summed E-state index contributed by atoms with van der Waals surface area (Å²) < 4.78 is 5.28. The van der Waals surface area contributed by atoms with Crippen LogP contribution in [0, 0.1) is 6.92 Å². The van der Waals surface area contributed by atoms with Crippen molar-refractivity contribution in [1.82, 2.24) is 10.2 Å². The van der Waals surface area contributed by atoms with E-state index in [2.05, 4.69) is 10.2 Å². The van der Waals surface area contributed by atoms with Crippen molar-refractivity contribution in [3.05, 3.63) is 42.1 Å². The fourth-order valence-corrected chi connectivity index (χ4v) is 1.42. The first kappa shape index (κ1) is 9.65. The number of benzene rings is 1. The quantitative estimate of drug-likeness (QED) is 0.747. The molecule has 1 aromatic carbocycles. The molecule has 0 aliphatic rings. The molecular weight excluding hydrogens is 188 g/mol. The fraction of sp³-hybridized carbons (Fsp3) is 0.167. The molecule has 1 aromatic heterocycles. The van der Waals surface area contributed by atoms with E-state index >= 15 is 0 Å². The van der Waals surface area contributed by atoms with E-state index in [1.54, 1.807) is 7.11 Å². The van der Waals surface area contributed by atoms with Crippen molar-refractivity contribution in [3.63, 3.8) is 0 Å². The fourth-order valence-electron chi connectivity index (χ4n) is 1.42. The highest BCUT2D eigenvalue weighted by Gasteiger charge is 2.07. The van der Waals surface area contributed by atoms with Crippen molar-refractivity contribution in [2.45, 2.75) is 6.92 Å². The highest BCUT2D eigenvalue weighted by molar-refractivity contribution is 5.65. The minimum Gasteiger partial charge on any atom is -0.494 e. The third kappa shape index (κ3) is 1.96. The molecule has 0 atom stereocenters. The maximum absolute atomic E-state index is 5.28. The van der Waals surface area contributed by atoms with Gasteiger partial charge < -0.3 is 4.74 Å². The maximum Gasteiger partial charge on any atom is 0.148 e. The summed E-state index contributed by atoms with van der Waals surface area (Å²) in [7, 11) is 1.64. The lowest BCUT2D eigenvalue weighted by Gasteiger charge is -2.06. The van der Waals surface area contributed by atoms with Gasteiger partial charge in [-0.05, 0) is 6.92 Å². The number of hydrogen-bond acceptors (Lipinski definition) is 3. The van der Waals surface area contributed by atoms with Crippen molar-refractivity contribution in [2.75, 3.05) is 7.11 Å². The van der Waals surface area contributed by atoms with E-state index in [9.17, 15) is 0 Å². The SMILES string of the molecule is COc1cc(C)nnc1-c1ccccc1. The summed E-state index contributed by atoms with van der Waals surface area (Å²) in [6.45, 7) is 1.89. The van der Waals surface area contributed by atoms with Gasteiger partial charge in [-0.15, -0.1) is 5.10 Å². The Morgan fingerprint density at radius 1 is 1.07 bits per heavy atom. The van der Waals surface area contributed by atoms with Crippen molar-refractivity contribution < 1.29 is 4.74 Å². The summed E-state index contributed by atoms with van der Waals surface area (Å²) in [6.07, 6.45) is 0. The van der Waals surface area contributed by atoms with Gasteiger partial charge in [-0.1, -0.05) is 30.3 Å². The first-order valence-electron chi connectivity index (χ1n) is 4.75. The second-order valence-electron chi connectivity index (χ2n) is 3.27. The van der Waals surface area contributed by atoms with Gasteiger partial charge in [0.1, 0.15) is 11.4 Å². The van der Waals surface area contributed by atoms with Crippen molar-refractivity contribution in [1.29, 1.82) is 0 Å². The zero-order chi connectivity index (χ0) is 10.7. The molecule has 0 saturated heterocycles. The van der Waals surface area contributed by atoms with Gasteiger partial charge in [0.15, 0.2) is 0 Å². The normalized spacial score (nSPS) is 10.0. The molecule has 0 aliphatic heterocycles. The minimum atomic E-state index is 0.758. The average molecular weight is 200 g/mol. The molecular formula is C12H12N2O. The van der Waals surface area contributed by atoms with Crippen LogP contribution in [0.15, 0.2) is 36.4 Å². The third-order valence-electron chi connectivity index (χ3n) is 2.15. The van der Waals surface area contributed by atoms with Gasteiger partial charge in [-0.25, -0.2) is 0 Å². The van der Waals surface area contributed by atoms with E-state index in [0.717, 1.165) is 22.7 Å². The molecule has 0 aliphatic carbocycles. The molecule has 1 heterocycles. The smallest absolute Gasteiger partial charge is 0.148 e. The zero-order valence-corrected chi connectivity index (χ0v) is 8.77. The van der Waals surface area contributed by atoms with Crippen LogP contribution in [0.5, 0.6) is 5.75 Å². The Kier molecular flexibility index (Phi) is 2.63. The van der Waals surface area contributed by atoms with Crippen molar-refractivity contribution in [2.24, 2.45) is 0 Å². The highest BCUT2D eigenvalue weighted by Crippen LogP contribution is 2.26. The molecule has 76 valence electrons. The Morgan fingerprint density at radius 3 is 2.47 bits per heavy atom. The van der Waals surface area contributed by atoms with Crippen LogP contribution < -0.4 is 4.74 Å². The van der Waals surface area contributed by atoms with Crippen molar-refractivity contribution in [3.8, 4) is 17.0 Å². The second-order valence-corrected chi connectivity index (χ2v) is 3.27.